The van der Waals surface area contributed by atoms with Crippen LogP contribution in [0.1, 0.15) is 12.8 Å². The molecule has 2 bridgehead atoms. The van der Waals surface area contributed by atoms with Crippen molar-refractivity contribution in [3.63, 3.8) is 0 Å². The van der Waals surface area contributed by atoms with E-state index in [1.54, 1.807) is 6.07 Å². The van der Waals surface area contributed by atoms with E-state index >= 15 is 0 Å². The van der Waals surface area contributed by atoms with Crippen LogP contribution in [-0.2, 0) is 4.74 Å². The van der Waals surface area contributed by atoms with Crippen molar-refractivity contribution in [1.82, 2.24) is 4.90 Å². The fourth-order valence-corrected chi connectivity index (χ4v) is 4.34. The molecule has 4 nitrogen and oxygen atoms in total. The van der Waals surface area contributed by atoms with E-state index in [9.17, 15) is 9.18 Å². The van der Waals surface area contributed by atoms with Crippen molar-refractivity contribution in [2.75, 3.05) is 25.0 Å². The molecule has 1 atom stereocenters. The van der Waals surface area contributed by atoms with Gasteiger partial charge in [-0.2, -0.15) is 0 Å². The third-order valence-electron chi connectivity index (χ3n) is 4.86. The van der Waals surface area contributed by atoms with Crippen LogP contribution in [0.3, 0.4) is 0 Å². The van der Waals surface area contributed by atoms with Crippen LogP contribution >= 0.6 is 11.3 Å². The van der Waals surface area contributed by atoms with Crippen LogP contribution in [0.2, 0.25) is 0 Å². The Morgan fingerprint density at radius 1 is 1.29 bits per heavy atom. The van der Waals surface area contributed by atoms with E-state index in [0.29, 0.717) is 17.2 Å². The van der Waals surface area contributed by atoms with Gasteiger partial charge < -0.3 is 4.74 Å². The van der Waals surface area contributed by atoms with Crippen molar-refractivity contribution < 1.29 is 13.9 Å². The molecular formula is C18H19FN2O2S. The molecule has 24 heavy (non-hydrogen) atoms. The highest BCUT2D eigenvalue weighted by Gasteiger charge is 2.36. The zero-order valence-electron chi connectivity index (χ0n) is 13.2. The van der Waals surface area contributed by atoms with E-state index < -0.39 is 6.09 Å². The Kier molecular flexibility index (Phi) is 4.24. The lowest BCUT2D eigenvalue weighted by Crippen LogP contribution is -2.52. The summed E-state index contributed by atoms with van der Waals surface area (Å²) in [5.41, 5.74) is 1.25. The van der Waals surface area contributed by atoms with E-state index in [2.05, 4.69) is 10.2 Å². The molecule has 3 fully saturated rings. The second-order valence-corrected chi connectivity index (χ2v) is 7.32. The molecule has 0 spiro atoms. The maximum Gasteiger partial charge on any atom is 0.411 e. The molecule has 1 N–H and O–H groups in total. The molecule has 3 saturated heterocycles. The normalized spacial score (nSPS) is 25.5. The van der Waals surface area contributed by atoms with Gasteiger partial charge in [-0.3, -0.25) is 10.2 Å². The summed E-state index contributed by atoms with van der Waals surface area (Å²) in [5.74, 6) is 0.139. The third kappa shape index (κ3) is 3.16. The molecule has 126 valence electrons. The van der Waals surface area contributed by atoms with Gasteiger partial charge >= 0.3 is 6.09 Å². The first kappa shape index (κ1) is 15.6. The van der Waals surface area contributed by atoms with Crippen LogP contribution in [0, 0.1) is 11.7 Å². The number of benzene rings is 1. The number of halogens is 1. The Morgan fingerprint density at radius 3 is 2.79 bits per heavy atom. The number of amides is 1. The van der Waals surface area contributed by atoms with Gasteiger partial charge in [-0.1, -0.05) is 6.07 Å². The van der Waals surface area contributed by atoms with Gasteiger partial charge in [-0.25, -0.2) is 9.18 Å². The summed E-state index contributed by atoms with van der Waals surface area (Å²) in [7, 11) is 0. The van der Waals surface area contributed by atoms with Gasteiger partial charge in [0, 0.05) is 17.0 Å². The van der Waals surface area contributed by atoms with Crippen molar-refractivity contribution in [2.24, 2.45) is 5.92 Å². The van der Waals surface area contributed by atoms with Gasteiger partial charge in [-0.05, 0) is 61.5 Å². The van der Waals surface area contributed by atoms with E-state index in [-0.39, 0.29) is 11.9 Å². The fraction of sp³-hybridized carbons (Fsp3) is 0.389. The second kappa shape index (κ2) is 6.53. The molecule has 2 aromatic rings. The highest BCUT2D eigenvalue weighted by atomic mass is 32.1. The van der Waals surface area contributed by atoms with Gasteiger partial charge in [0.25, 0.3) is 0 Å². The van der Waals surface area contributed by atoms with Gasteiger partial charge in [0.1, 0.15) is 11.9 Å². The topological polar surface area (TPSA) is 41.6 Å². The van der Waals surface area contributed by atoms with E-state index in [1.807, 2.05) is 17.5 Å². The predicted octanol–water partition coefficient (Wildman–Crippen LogP) is 4.20. The largest absolute Gasteiger partial charge is 0.444 e. The maximum atomic E-state index is 13.6. The number of piperidine rings is 3. The molecule has 4 heterocycles. The standard InChI is InChI=1S/C18H19FN2O2S/c19-13-3-4-15(14(10-13)17-2-1-9-24-17)20-18(22)23-16-11-21-7-5-12(16)6-8-21/h1-4,9-10,12,16H,5-8,11H2,(H,20,22)/t16-/m0/s1. The minimum absolute atomic E-state index is 0.0434. The first-order valence-corrected chi connectivity index (χ1v) is 9.10. The minimum atomic E-state index is -0.460. The number of carbonyl (C=O) groups is 1. The second-order valence-electron chi connectivity index (χ2n) is 6.37. The number of nitrogens with one attached hydrogen (secondary N) is 1. The molecule has 1 amide bonds. The lowest BCUT2D eigenvalue weighted by Gasteiger charge is -2.43. The number of hydrogen-bond donors (Lipinski definition) is 1. The predicted molar refractivity (Wildman–Crippen MR) is 92.8 cm³/mol. The molecule has 3 aliphatic rings. The summed E-state index contributed by atoms with van der Waals surface area (Å²) >= 11 is 1.51. The van der Waals surface area contributed by atoms with Crippen LogP contribution in [0.15, 0.2) is 35.7 Å². The van der Waals surface area contributed by atoms with E-state index in [4.69, 9.17) is 4.74 Å². The average molecular weight is 346 g/mol. The lowest BCUT2D eigenvalue weighted by atomic mass is 9.86. The Balaban J connectivity index is 1.48. The molecule has 0 unspecified atom stereocenters. The van der Waals surface area contributed by atoms with Crippen molar-refractivity contribution in [1.29, 1.82) is 0 Å². The molecule has 0 saturated carbocycles. The molecule has 0 radical (unpaired) electrons. The first-order chi connectivity index (χ1) is 11.7. The number of carbonyl (C=O) groups excluding carboxylic acids is 1. The summed E-state index contributed by atoms with van der Waals surface area (Å²) in [6.45, 7) is 3.03. The number of anilines is 1. The average Bonchev–Trinajstić information content (AvgIpc) is 3.12. The molecule has 1 aromatic carbocycles. The molecule has 3 aliphatic heterocycles. The van der Waals surface area contributed by atoms with Crippen LogP contribution < -0.4 is 5.32 Å². The Bertz CT molecular complexity index is 727. The SMILES string of the molecule is O=C(Nc1ccc(F)cc1-c1cccs1)O[C@H]1CN2CCC1CC2. The molecule has 6 heteroatoms. The summed E-state index contributed by atoms with van der Waals surface area (Å²) in [6, 6.07) is 8.18. The zero-order valence-corrected chi connectivity index (χ0v) is 14.0. The number of nitrogens with zero attached hydrogens (tertiary/aromatic N) is 1. The molecule has 5 rings (SSSR count). The molecule has 1 aromatic heterocycles. The van der Waals surface area contributed by atoms with Gasteiger partial charge in [0.2, 0.25) is 0 Å². The number of rotatable bonds is 3. The van der Waals surface area contributed by atoms with Gasteiger partial charge in [-0.15, -0.1) is 11.3 Å². The Hall–Kier alpha value is -1.92. The minimum Gasteiger partial charge on any atom is -0.444 e. The molecule has 0 aliphatic carbocycles. The van der Waals surface area contributed by atoms with E-state index in [0.717, 1.165) is 37.4 Å². The third-order valence-corrected chi connectivity index (χ3v) is 5.76. The highest BCUT2D eigenvalue weighted by molar-refractivity contribution is 7.13. The van der Waals surface area contributed by atoms with Crippen molar-refractivity contribution in [3.8, 4) is 10.4 Å². The lowest BCUT2D eigenvalue weighted by molar-refractivity contribution is -0.0289. The Morgan fingerprint density at radius 2 is 2.12 bits per heavy atom. The summed E-state index contributed by atoms with van der Waals surface area (Å²) < 4.78 is 19.3. The first-order valence-electron chi connectivity index (χ1n) is 8.22. The van der Waals surface area contributed by atoms with Crippen molar-refractivity contribution in [3.05, 3.63) is 41.5 Å². The quantitative estimate of drug-likeness (QED) is 0.906. The van der Waals surface area contributed by atoms with Crippen LogP contribution in [0.5, 0.6) is 0 Å². The van der Waals surface area contributed by atoms with Crippen molar-refractivity contribution in [2.45, 2.75) is 18.9 Å². The number of hydrogen-bond acceptors (Lipinski definition) is 4. The number of ether oxygens (including phenoxy) is 1. The fourth-order valence-electron chi connectivity index (χ4n) is 3.58. The maximum absolute atomic E-state index is 13.6. The smallest absolute Gasteiger partial charge is 0.411 e. The van der Waals surface area contributed by atoms with Crippen molar-refractivity contribution >= 4 is 23.1 Å². The van der Waals surface area contributed by atoms with Crippen LogP contribution in [0.4, 0.5) is 14.9 Å². The van der Waals surface area contributed by atoms with Crippen LogP contribution in [-0.4, -0.2) is 36.7 Å². The highest BCUT2D eigenvalue weighted by Crippen LogP contribution is 2.33. The summed E-state index contributed by atoms with van der Waals surface area (Å²) in [5, 5.41) is 4.72. The molecular weight excluding hydrogens is 327 g/mol. The van der Waals surface area contributed by atoms with E-state index in [1.165, 1.54) is 23.5 Å². The monoisotopic (exact) mass is 346 g/mol. The van der Waals surface area contributed by atoms with Gasteiger partial charge in [0.05, 0.1) is 5.69 Å². The number of fused-ring (bicyclic) bond motifs is 3. The van der Waals surface area contributed by atoms with Gasteiger partial charge in [0.15, 0.2) is 0 Å². The summed E-state index contributed by atoms with van der Waals surface area (Å²) in [6.07, 6.45) is 1.68. The number of thiophene rings is 1. The Labute approximate surface area is 144 Å². The zero-order chi connectivity index (χ0) is 16.5. The van der Waals surface area contributed by atoms with Crippen LogP contribution in [0.25, 0.3) is 10.4 Å². The summed E-state index contributed by atoms with van der Waals surface area (Å²) in [4.78, 5) is 15.6.